The third-order valence-electron chi connectivity index (χ3n) is 2.23. The van der Waals surface area contributed by atoms with Crippen molar-refractivity contribution >= 4 is 18.4 Å². The summed E-state index contributed by atoms with van der Waals surface area (Å²) in [6, 6.07) is 7.61. The fourth-order valence-corrected chi connectivity index (χ4v) is 1.58. The minimum Gasteiger partial charge on any atom is -0.497 e. The maximum Gasteiger partial charge on any atom is 0.216 e. The van der Waals surface area contributed by atoms with Crippen molar-refractivity contribution in [3.8, 4) is 5.75 Å². The molecule has 88 valence electrons. The van der Waals surface area contributed by atoms with E-state index in [0.717, 1.165) is 11.3 Å². The Bertz CT molecular complexity index is 600. The zero-order valence-corrected chi connectivity index (χ0v) is 10.4. The number of aryl methyl sites for hydroxylation is 1. The van der Waals surface area contributed by atoms with Crippen LogP contribution >= 0.6 is 12.2 Å². The van der Waals surface area contributed by atoms with E-state index in [0.29, 0.717) is 10.6 Å². The van der Waals surface area contributed by atoms with Crippen LogP contribution in [0.5, 0.6) is 5.75 Å². The van der Waals surface area contributed by atoms with Crippen LogP contribution in [0.3, 0.4) is 0 Å². The van der Waals surface area contributed by atoms with Gasteiger partial charge in [-0.15, -0.1) is 0 Å². The lowest BCUT2D eigenvalue weighted by Crippen LogP contribution is -1.94. The molecule has 0 bridgehead atoms. The van der Waals surface area contributed by atoms with E-state index in [1.54, 1.807) is 18.0 Å². The van der Waals surface area contributed by atoms with E-state index in [-0.39, 0.29) is 0 Å². The molecule has 2 rings (SSSR count). The third kappa shape index (κ3) is 2.59. The van der Waals surface area contributed by atoms with Crippen molar-refractivity contribution in [3.05, 3.63) is 40.4 Å². The van der Waals surface area contributed by atoms with Gasteiger partial charge in [-0.05, 0) is 36.8 Å². The predicted molar refractivity (Wildman–Crippen MR) is 68.1 cm³/mol. The smallest absolute Gasteiger partial charge is 0.216 e. The minimum absolute atomic E-state index is 0.474. The second-order valence-electron chi connectivity index (χ2n) is 3.41. The third-order valence-corrected chi connectivity index (χ3v) is 2.49. The fourth-order valence-electron chi connectivity index (χ4n) is 1.35. The van der Waals surface area contributed by atoms with Crippen LogP contribution in [-0.4, -0.2) is 28.2 Å². The maximum atomic E-state index is 5.13. The second-order valence-corrected chi connectivity index (χ2v) is 3.80. The number of benzene rings is 1. The van der Waals surface area contributed by atoms with Crippen LogP contribution in [-0.2, 0) is 0 Å². The largest absolute Gasteiger partial charge is 0.497 e. The predicted octanol–water partition coefficient (Wildman–Crippen LogP) is 2.14. The number of aromatic nitrogens is 3. The van der Waals surface area contributed by atoms with Crippen LogP contribution in [0, 0.1) is 11.7 Å². The van der Waals surface area contributed by atoms with Crippen LogP contribution < -0.4 is 4.74 Å². The van der Waals surface area contributed by atoms with Gasteiger partial charge in [0.2, 0.25) is 4.77 Å². The van der Waals surface area contributed by atoms with E-state index < -0.39 is 0 Å². The van der Waals surface area contributed by atoms with E-state index in [1.807, 2.05) is 31.2 Å². The van der Waals surface area contributed by atoms with Gasteiger partial charge >= 0.3 is 0 Å². The van der Waals surface area contributed by atoms with E-state index >= 15 is 0 Å². The van der Waals surface area contributed by atoms with E-state index in [4.69, 9.17) is 17.0 Å². The molecule has 1 heterocycles. The average molecular weight is 248 g/mol. The number of hydrogen-bond acceptors (Lipinski definition) is 4. The SMILES string of the molecule is COc1cccc(/C=N/n2c(C)n[nH]c2=S)c1. The number of hydrogen-bond donors (Lipinski definition) is 1. The molecule has 0 saturated carbocycles. The highest BCUT2D eigenvalue weighted by Crippen LogP contribution is 2.10. The number of methoxy groups -OCH3 is 1. The van der Waals surface area contributed by atoms with Gasteiger partial charge in [0.05, 0.1) is 13.3 Å². The summed E-state index contributed by atoms with van der Waals surface area (Å²) in [5.41, 5.74) is 0.937. The van der Waals surface area contributed by atoms with Crippen LogP contribution in [0.4, 0.5) is 0 Å². The first-order valence-electron chi connectivity index (χ1n) is 5.03. The van der Waals surface area contributed by atoms with Crippen molar-refractivity contribution in [1.82, 2.24) is 14.9 Å². The lowest BCUT2D eigenvalue weighted by molar-refractivity contribution is 0.415. The van der Waals surface area contributed by atoms with Gasteiger partial charge in [0, 0.05) is 0 Å². The number of nitrogens with one attached hydrogen (secondary N) is 1. The topological polar surface area (TPSA) is 55.2 Å². The lowest BCUT2D eigenvalue weighted by atomic mass is 10.2. The number of H-pyrrole nitrogens is 1. The molecule has 0 atom stereocenters. The van der Waals surface area contributed by atoms with Crippen LogP contribution in [0.25, 0.3) is 0 Å². The summed E-state index contributed by atoms with van der Waals surface area (Å²) in [4.78, 5) is 0. The molecule has 0 fully saturated rings. The molecule has 0 amide bonds. The molecule has 0 aliphatic carbocycles. The second kappa shape index (κ2) is 4.92. The van der Waals surface area contributed by atoms with Gasteiger partial charge in [0.1, 0.15) is 11.6 Å². The van der Waals surface area contributed by atoms with Gasteiger partial charge in [0.15, 0.2) is 0 Å². The van der Waals surface area contributed by atoms with Crippen molar-refractivity contribution < 1.29 is 4.74 Å². The lowest BCUT2D eigenvalue weighted by Gasteiger charge is -1.99. The molecule has 2 aromatic rings. The Kier molecular flexibility index (Phi) is 3.34. The molecule has 0 saturated heterocycles. The Morgan fingerprint density at radius 3 is 3.00 bits per heavy atom. The Morgan fingerprint density at radius 2 is 2.35 bits per heavy atom. The van der Waals surface area contributed by atoms with Gasteiger partial charge < -0.3 is 4.74 Å². The van der Waals surface area contributed by atoms with Gasteiger partial charge in [-0.2, -0.15) is 14.9 Å². The number of aromatic amines is 1. The molecule has 17 heavy (non-hydrogen) atoms. The zero-order chi connectivity index (χ0) is 12.3. The van der Waals surface area contributed by atoms with Crippen molar-refractivity contribution in [2.75, 3.05) is 7.11 Å². The number of ether oxygens (including phenoxy) is 1. The first-order valence-corrected chi connectivity index (χ1v) is 5.44. The Labute approximate surface area is 104 Å². The molecule has 0 spiro atoms. The molecule has 1 aromatic heterocycles. The van der Waals surface area contributed by atoms with Gasteiger partial charge in [-0.1, -0.05) is 12.1 Å². The summed E-state index contributed by atoms with van der Waals surface area (Å²) < 4.78 is 7.17. The quantitative estimate of drug-likeness (QED) is 0.668. The summed E-state index contributed by atoms with van der Waals surface area (Å²) in [6.45, 7) is 1.83. The first-order chi connectivity index (χ1) is 8.20. The van der Waals surface area contributed by atoms with Crippen LogP contribution in [0.15, 0.2) is 29.4 Å². The molecule has 0 aliphatic rings. The monoisotopic (exact) mass is 248 g/mol. The molecule has 1 aromatic carbocycles. The highest BCUT2D eigenvalue weighted by Gasteiger charge is 1.97. The summed E-state index contributed by atoms with van der Waals surface area (Å²) in [6.07, 6.45) is 1.71. The molecule has 0 radical (unpaired) electrons. The van der Waals surface area contributed by atoms with E-state index in [9.17, 15) is 0 Å². The molecule has 6 heteroatoms. The Balaban J connectivity index is 2.29. The molecule has 0 aliphatic heterocycles. The van der Waals surface area contributed by atoms with Gasteiger partial charge in [-0.25, -0.2) is 0 Å². The highest BCUT2D eigenvalue weighted by atomic mass is 32.1. The van der Waals surface area contributed by atoms with Gasteiger partial charge in [-0.3, -0.25) is 5.10 Å². The zero-order valence-electron chi connectivity index (χ0n) is 9.54. The van der Waals surface area contributed by atoms with E-state index in [1.165, 1.54) is 0 Å². The molecule has 0 unspecified atom stereocenters. The Morgan fingerprint density at radius 1 is 1.53 bits per heavy atom. The van der Waals surface area contributed by atoms with Crippen molar-refractivity contribution in [1.29, 1.82) is 0 Å². The van der Waals surface area contributed by atoms with Crippen molar-refractivity contribution in [2.24, 2.45) is 5.10 Å². The van der Waals surface area contributed by atoms with Crippen molar-refractivity contribution in [3.63, 3.8) is 0 Å². The van der Waals surface area contributed by atoms with Crippen LogP contribution in [0.2, 0.25) is 0 Å². The Hall–Kier alpha value is -1.95. The van der Waals surface area contributed by atoms with Gasteiger partial charge in [0.25, 0.3) is 0 Å². The fraction of sp³-hybridized carbons (Fsp3) is 0.182. The molecular formula is C11H12N4OS. The van der Waals surface area contributed by atoms with Crippen LogP contribution in [0.1, 0.15) is 11.4 Å². The average Bonchev–Trinajstić information content (AvgIpc) is 2.67. The standard InChI is InChI=1S/C11H12N4OS/c1-8-13-14-11(17)15(8)12-7-9-4-3-5-10(6-9)16-2/h3-7H,1-2H3,(H,14,17)/b12-7+. The summed E-state index contributed by atoms with van der Waals surface area (Å²) >= 11 is 5.04. The number of nitrogens with zero attached hydrogens (tertiary/aromatic N) is 3. The van der Waals surface area contributed by atoms with Crippen molar-refractivity contribution in [2.45, 2.75) is 6.92 Å². The molecule has 1 N–H and O–H groups in total. The van der Waals surface area contributed by atoms with E-state index in [2.05, 4.69) is 15.3 Å². The molecular weight excluding hydrogens is 236 g/mol. The maximum absolute atomic E-state index is 5.13. The summed E-state index contributed by atoms with van der Waals surface area (Å²) in [5, 5.41) is 10.9. The minimum atomic E-state index is 0.474. The normalized spacial score (nSPS) is 10.9. The number of rotatable bonds is 3. The highest BCUT2D eigenvalue weighted by molar-refractivity contribution is 7.71. The summed E-state index contributed by atoms with van der Waals surface area (Å²) in [5.74, 6) is 1.51. The molecule has 5 nitrogen and oxygen atoms in total. The first kappa shape index (κ1) is 11.5. The summed E-state index contributed by atoms with van der Waals surface area (Å²) in [7, 11) is 1.63.